The monoisotopic (exact) mass is 172 g/mol. The summed E-state index contributed by atoms with van der Waals surface area (Å²) in [5, 5.41) is 12.7. The minimum absolute atomic E-state index is 0.0258. The van der Waals surface area contributed by atoms with Crippen molar-refractivity contribution in [3.63, 3.8) is 0 Å². The van der Waals surface area contributed by atoms with Gasteiger partial charge in [-0.15, -0.1) is 0 Å². The van der Waals surface area contributed by atoms with Gasteiger partial charge in [-0.05, 0) is 0 Å². The second-order valence-corrected chi connectivity index (χ2v) is 2.52. The van der Waals surface area contributed by atoms with E-state index in [0.29, 0.717) is 0 Å². The van der Waals surface area contributed by atoms with Gasteiger partial charge in [0, 0.05) is 12.5 Å². The molecule has 1 fully saturated rings. The van der Waals surface area contributed by atoms with Crippen molar-refractivity contribution in [2.75, 3.05) is 0 Å². The van der Waals surface area contributed by atoms with Gasteiger partial charge in [-0.2, -0.15) is 0 Å². The van der Waals surface area contributed by atoms with Gasteiger partial charge < -0.3 is 10.4 Å². The van der Waals surface area contributed by atoms with Crippen LogP contribution in [0.1, 0.15) is 12.8 Å². The van der Waals surface area contributed by atoms with E-state index in [1.165, 1.54) is 0 Å². The molecule has 1 aliphatic rings. The average molecular weight is 172 g/mol. The average Bonchev–Trinajstić information content (AvgIpc) is 1.81. The molecule has 3 amide bonds. The zero-order valence-electron chi connectivity index (χ0n) is 6.16. The molecule has 0 aromatic rings. The van der Waals surface area contributed by atoms with E-state index in [-0.39, 0.29) is 12.8 Å². The fourth-order valence-corrected chi connectivity index (χ4v) is 1.01. The number of carboxylic acid groups (broad SMARTS) is 1. The molecule has 0 saturated carbocycles. The summed E-state index contributed by atoms with van der Waals surface area (Å²) in [4.78, 5) is 31.5. The molecule has 0 radical (unpaired) electrons. The van der Waals surface area contributed by atoms with Crippen LogP contribution in [0.4, 0.5) is 4.79 Å². The van der Waals surface area contributed by atoms with Crippen molar-refractivity contribution in [1.82, 2.24) is 10.6 Å². The Hall–Kier alpha value is -1.59. The molecule has 0 spiro atoms. The summed E-state index contributed by atoms with van der Waals surface area (Å²) in [6.07, 6.45) is -0.197. The molecule has 66 valence electrons. The lowest BCUT2D eigenvalue weighted by atomic mass is 10.1. The summed E-state index contributed by atoms with van der Waals surface area (Å²) in [7, 11) is 0. The number of nitrogens with one attached hydrogen (secondary N) is 2. The highest BCUT2D eigenvalue weighted by Crippen LogP contribution is 2.02. The Labute approximate surface area is 67.9 Å². The summed E-state index contributed by atoms with van der Waals surface area (Å²) in [6, 6.07) is -1.21. The molecule has 1 heterocycles. The zero-order chi connectivity index (χ0) is 9.14. The molecular formula is C6H8N2O4. The third-order valence-corrected chi connectivity index (χ3v) is 1.44. The minimum Gasteiger partial charge on any atom is -0.481 e. The van der Waals surface area contributed by atoms with Crippen LogP contribution in [0.2, 0.25) is 0 Å². The molecule has 0 aliphatic carbocycles. The molecular weight excluding hydrogens is 164 g/mol. The second-order valence-electron chi connectivity index (χ2n) is 2.52. The van der Waals surface area contributed by atoms with E-state index >= 15 is 0 Å². The maximum atomic E-state index is 10.7. The third-order valence-electron chi connectivity index (χ3n) is 1.44. The number of rotatable bonds is 2. The van der Waals surface area contributed by atoms with Crippen molar-refractivity contribution in [3.05, 3.63) is 0 Å². The van der Waals surface area contributed by atoms with Gasteiger partial charge in [0.1, 0.15) is 0 Å². The summed E-state index contributed by atoms with van der Waals surface area (Å²) < 4.78 is 0. The van der Waals surface area contributed by atoms with E-state index in [4.69, 9.17) is 5.11 Å². The smallest absolute Gasteiger partial charge is 0.321 e. The van der Waals surface area contributed by atoms with Gasteiger partial charge in [0.2, 0.25) is 5.91 Å². The van der Waals surface area contributed by atoms with Crippen LogP contribution < -0.4 is 10.6 Å². The van der Waals surface area contributed by atoms with Crippen LogP contribution >= 0.6 is 0 Å². The van der Waals surface area contributed by atoms with E-state index in [0.717, 1.165) is 0 Å². The number of imide groups is 1. The highest BCUT2D eigenvalue weighted by Gasteiger charge is 2.25. The second kappa shape index (κ2) is 3.21. The maximum absolute atomic E-state index is 10.7. The van der Waals surface area contributed by atoms with Crippen LogP contribution in [-0.4, -0.2) is 29.1 Å². The van der Waals surface area contributed by atoms with Gasteiger partial charge in [0.25, 0.3) is 0 Å². The van der Waals surface area contributed by atoms with Crippen molar-refractivity contribution < 1.29 is 19.5 Å². The highest BCUT2D eigenvalue weighted by atomic mass is 16.4. The van der Waals surface area contributed by atoms with Crippen LogP contribution in [0.3, 0.4) is 0 Å². The lowest BCUT2D eigenvalue weighted by molar-refractivity contribution is -0.137. The molecule has 1 rings (SSSR count). The molecule has 6 nitrogen and oxygen atoms in total. The number of carboxylic acids is 1. The third kappa shape index (κ3) is 2.22. The molecule has 0 bridgehead atoms. The van der Waals surface area contributed by atoms with E-state index in [1.54, 1.807) is 0 Å². The van der Waals surface area contributed by atoms with Crippen molar-refractivity contribution in [3.8, 4) is 0 Å². The Kier molecular flexibility index (Phi) is 2.27. The normalized spacial score (nSPS) is 22.8. The van der Waals surface area contributed by atoms with E-state index in [1.807, 2.05) is 5.32 Å². The summed E-state index contributed by atoms with van der Waals surface area (Å²) in [5.41, 5.74) is 0. The van der Waals surface area contributed by atoms with Crippen LogP contribution in [0.5, 0.6) is 0 Å². The van der Waals surface area contributed by atoms with Gasteiger partial charge >= 0.3 is 12.0 Å². The number of carbonyl (C=O) groups excluding carboxylic acids is 2. The van der Waals surface area contributed by atoms with Crippen LogP contribution in [0.25, 0.3) is 0 Å². The fourth-order valence-electron chi connectivity index (χ4n) is 1.01. The Morgan fingerprint density at radius 1 is 1.58 bits per heavy atom. The Balaban J connectivity index is 2.49. The van der Waals surface area contributed by atoms with E-state index < -0.39 is 23.9 Å². The van der Waals surface area contributed by atoms with Crippen molar-refractivity contribution >= 4 is 17.9 Å². The first-order valence-electron chi connectivity index (χ1n) is 3.40. The molecule has 0 aromatic heterocycles. The molecule has 3 N–H and O–H groups in total. The predicted molar refractivity (Wildman–Crippen MR) is 37.3 cm³/mol. The number of aliphatic carboxylic acids is 1. The Bertz CT molecular complexity index is 219. The predicted octanol–water partition coefficient (Wildman–Crippen LogP) is -0.941. The summed E-state index contributed by atoms with van der Waals surface area (Å²) in [6.45, 7) is 0. The van der Waals surface area contributed by atoms with Gasteiger partial charge in [0.15, 0.2) is 0 Å². The number of amides is 3. The van der Waals surface area contributed by atoms with Crippen LogP contribution in [-0.2, 0) is 9.59 Å². The lowest BCUT2D eigenvalue weighted by Gasteiger charge is -2.21. The minimum atomic E-state index is -1.03. The topological polar surface area (TPSA) is 95.5 Å². The molecule has 1 unspecified atom stereocenters. The van der Waals surface area contributed by atoms with E-state index in [2.05, 4.69) is 5.32 Å². The quantitative estimate of drug-likeness (QED) is 0.500. The van der Waals surface area contributed by atoms with Crippen molar-refractivity contribution in [2.45, 2.75) is 18.9 Å². The summed E-state index contributed by atoms with van der Waals surface area (Å²) in [5.74, 6) is -1.47. The first-order chi connectivity index (χ1) is 5.58. The molecule has 1 saturated heterocycles. The number of hydrogen-bond acceptors (Lipinski definition) is 3. The first-order valence-corrected chi connectivity index (χ1v) is 3.40. The summed E-state index contributed by atoms with van der Waals surface area (Å²) >= 11 is 0. The molecule has 1 aliphatic heterocycles. The standard InChI is InChI=1S/C6H8N2O4/c9-4-1-3(2-5(10)11)7-6(12)8-4/h3H,1-2H2,(H,10,11)(H2,7,8,9,12). The first kappa shape index (κ1) is 8.51. The van der Waals surface area contributed by atoms with Crippen molar-refractivity contribution in [1.29, 1.82) is 0 Å². The van der Waals surface area contributed by atoms with Gasteiger partial charge in [-0.1, -0.05) is 0 Å². The van der Waals surface area contributed by atoms with Crippen LogP contribution in [0.15, 0.2) is 0 Å². The van der Waals surface area contributed by atoms with E-state index in [9.17, 15) is 14.4 Å². The molecule has 1 atom stereocenters. The fraction of sp³-hybridized carbons (Fsp3) is 0.500. The van der Waals surface area contributed by atoms with Gasteiger partial charge in [-0.25, -0.2) is 4.79 Å². The van der Waals surface area contributed by atoms with Crippen LogP contribution in [0, 0.1) is 0 Å². The number of hydrogen-bond donors (Lipinski definition) is 3. The number of urea groups is 1. The Morgan fingerprint density at radius 3 is 2.75 bits per heavy atom. The van der Waals surface area contributed by atoms with Crippen molar-refractivity contribution in [2.24, 2.45) is 0 Å². The molecule has 0 aromatic carbocycles. The SMILES string of the molecule is O=C(O)CC1CC(=O)NC(=O)N1. The number of carbonyl (C=O) groups is 3. The van der Waals surface area contributed by atoms with Gasteiger partial charge in [-0.3, -0.25) is 14.9 Å². The highest BCUT2D eigenvalue weighted by molar-refractivity contribution is 5.97. The maximum Gasteiger partial charge on any atom is 0.321 e. The Morgan fingerprint density at radius 2 is 2.25 bits per heavy atom. The molecule has 12 heavy (non-hydrogen) atoms. The molecule has 6 heteroatoms. The largest absolute Gasteiger partial charge is 0.481 e. The zero-order valence-corrected chi connectivity index (χ0v) is 6.16. The lowest BCUT2D eigenvalue weighted by Crippen LogP contribution is -2.52. The van der Waals surface area contributed by atoms with Gasteiger partial charge in [0.05, 0.1) is 6.42 Å².